The standard InChI is InChI=1S/C13H12ClF2N3O2/c14-9-7-18-19(8-9)6-5-17-12(20)10-3-1-2-4-11(10)21-13(15)16/h1-4,7-8,13H,5-6H2,(H,17,20). The monoisotopic (exact) mass is 315 g/mol. The molecule has 5 nitrogen and oxygen atoms in total. The summed E-state index contributed by atoms with van der Waals surface area (Å²) in [7, 11) is 0. The van der Waals surface area contributed by atoms with Crippen molar-refractivity contribution < 1.29 is 18.3 Å². The van der Waals surface area contributed by atoms with E-state index in [1.165, 1.54) is 24.4 Å². The van der Waals surface area contributed by atoms with Gasteiger partial charge in [0.15, 0.2) is 0 Å². The van der Waals surface area contributed by atoms with Crippen LogP contribution in [0, 0.1) is 0 Å². The molecule has 0 saturated heterocycles. The number of hydrogen-bond acceptors (Lipinski definition) is 3. The zero-order valence-corrected chi connectivity index (χ0v) is 11.6. The first kappa shape index (κ1) is 15.2. The largest absolute Gasteiger partial charge is 0.434 e. The molecule has 0 radical (unpaired) electrons. The lowest BCUT2D eigenvalue weighted by atomic mass is 10.2. The zero-order chi connectivity index (χ0) is 15.2. The molecule has 0 aliphatic rings. The van der Waals surface area contributed by atoms with Gasteiger partial charge in [0.2, 0.25) is 0 Å². The Bertz CT molecular complexity index is 619. The van der Waals surface area contributed by atoms with Crippen LogP contribution in [0.5, 0.6) is 5.75 Å². The smallest absolute Gasteiger partial charge is 0.387 e. The van der Waals surface area contributed by atoms with Crippen LogP contribution in [-0.2, 0) is 6.54 Å². The van der Waals surface area contributed by atoms with Gasteiger partial charge in [-0.3, -0.25) is 9.48 Å². The van der Waals surface area contributed by atoms with Gasteiger partial charge in [-0.15, -0.1) is 0 Å². The van der Waals surface area contributed by atoms with Crippen molar-refractivity contribution in [1.29, 1.82) is 0 Å². The number of ether oxygens (including phenoxy) is 1. The maximum Gasteiger partial charge on any atom is 0.387 e. The Morgan fingerprint density at radius 1 is 1.43 bits per heavy atom. The van der Waals surface area contributed by atoms with Gasteiger partial charge in [0.1, 0.15) is 5.75 Å². The quantitative estimate of drug-likeness (QED) is 0.891. The average molecular weight is 316 g/mol. The predicted molar refractivity (Wildman–Crippen MR) is 72.6 cm³/mol. The zero-order valence-electron chi connectivity index (χ0n) is 10.8. The second kappa shape index (κ2) is 7.03. The summed E-state index contributed by atoms with van der Waals surface area (Å²) in [6.07, 6.45) is 3.09. The Hall–Kier alpha value is -2.15. The van der Waals surface area contributed by atoms with Crippen molar-refractivity contribution in [3.05, 3.63) is 47.2 Å². The van der Waals surface area contributed by atoms with Gasteiger partial charge in [-0.1, -0.05) is 23.7 Å². The maximum absolute atomic E-state index is 12.3. The molecule has 1 N–H and O–H groups in total. The van der Waals surface area contributed by atoms with Crippen LogP contribution in [0.4, 0.5) is 8.78 Å². The minimum atomic E-state index is -2.98. The Balaban J connectivity index is 1.94. The number of aromatic nitrogens is 2. The molecular formula is C13H12ClF2N3O2. The number of hydrogen-bond donors (Lipinski definition) is 1. The molecule has 1 aromatic heterocycles. The lowest BCUT2D eigenvalue weighted by Crippen LogP contribution is -2.28. The van der Waals surface area contributed by atoms with E-state index in [2.05, 4.69) is 15.2 Å². The minimum absolute atomic E-state index is 0.0521. The molecule has 21 heavy (non-hydrogen) atoms. The summed E-state index contributed by atoms with van der Waals surface area (Å²) in [6, 6.07) is 5.81. The van der Waals surface area contributed by atoms with E-state index in [0.717, 1.165) is 0 Å². The summed E-state index contributed by atoms with van der Waals surface area (Å²) < 4.78 is 30.4. The summed E-state index contributed by atoms with van der Waals surface area (Å²) in [5.74, 6) is -0.656. The minimum Gasteiger partial charge on any atom is -0.434 e. The Kier molecular flexibility index (Phi) is 5.10. The molecule has 112 valence electrons. The SMILES string of the molecule is O=C(NCCn1cc(Cl)cn1)c1ccccc1OC(F)F. The highest BCUT2D eigenvalue weighted by atomic mass is 35.5. The van der Waals surface area contributed by atoms with Crippen molar-refractivity contribution >= 4 is 17.5 Å². The van der Waals surface area contributed by atoms with E-state index in [1.54, 1.807) is 16.9 Å². The molecule has 0 aliphatic carbocycles. The van der Waals surface area contributed by atoms with Crippen LogP contribution in [0.3, 0.4) is 0 Å². The van der Waals surface area contributed by atoms with Gasteiger partial charge in [-0.2, -0.15) is 13.9 Å². The van der Waals surface area contributed by atoms with Crippen LogP contribution in [0.2, 0.25) is 5.02 Å². The number of carbonyl (C=O) groups is 1. The van der Waals surface area contributed by atoms with Crippen molar-refractivity contribution in [2.24, 2.45) is 0 Å². The highest BCUT2D eigenvalue weighted by Gasteiger charge is 2.14. The molecule has 0 saturated carbocycles. The second-order valence-corrected chi connectivity index (χ2v) is 4.49. The van der Waals surface area contributed by atoms with E-state index in [4.69, 9.17) is 11.6 Å². The summed E-state index contributed by atoms with van der Waals surface area (Å²) in [5, 5.41) is 7.05. The molecule has 2 rings (SSSR count). The first-order chi connectivity index (χ1) is 10.1. The molecule has 1 aromatic carbocycles. The van der Waals surface area contributed by atoms with Crippen molar-refractivity contribution in [2.45, 2.75) is 13.2 Å². The number of halogens is 3. The van der Waals surface area contributed by atoms with Gasteiger partial charge in [0.05, 0.1) is 23.3 Å². The molecule has 1 heterocycles. The van der Waals surface area contributed by atoms with E-state index in [9.17, 15) is 13.6 Å². The van der Waals surface area contributed by atoms with Crippen LogP contribution >= 0.6 is 11.6 Å². The molecular weight excluding hydrogens is 304 g/mol. The maximum atomic E-state index is 12.3. The van der Waals surface area contributed by atoms with Gasteiger partial charge >= 0.3 is 6.61 Å². The topological polar surface area (TPSA) is 56.2 Å². The van der Waals surface area contributed by atoms with Gasteiger partial charge < -0.3 is 10.1 Å². The molecule has 0 aliphatic heterocycles. The van der Waals surface area contributed by atoms with E-state index in [1.807, 2.05) is 0 Å². The second-order valence-electron chi connectivity index (χ2n) is 4.05. The molecule has 0 bridgehead atoms. The summed E-state index contributed by atoms with van der Waals surface area (Å²) >= 11 is 5.71. The molecule has 2 aromatic rings. The van der Waals surface area contributed by atoms with Crippen molar-refractivity contribution in [3.8, 4) is 5.75 Å². The highest BCUT2D eigenvalue weighted by molar-refractivity contribution is 6.30. The van der Waals surface area contributed by atoms with E-state index >= 15 is 0 Å². The number of nitrogens with zero attached hydrogens (tertiary/aromatic N) is 2. The lowest BCUT2D eigenvalue weighted by Gasteiger charge is -2.10. The van der Waals surface area contributed by atoms with Crippen LogP contribution in [0.1, 0.15) is 10.4 Å². The fourth-order valence-electron chi connectivity index (χ4n) is 1.69. The molecule has 0 spiro atoms. The number of alkyl halides is 2. The van der Waals surface area contributed by atoms with Gasteiger partial charge in [0.25, 0.3) is 5.91 Å². The van der Waals surface area contributed by atoms with E-state index < -0.39 is 12.5 Å². The number of nitrogens with one attached hydrogen (secondary N) is 1. The van der Waals surface area contributed by atoms with Crippen molar-refractivity contribution in [2.75, 3.05) is 6.54 Å². The molecule has 0 atom stereocenters. The fourth-order valence-corrected chi connectivity index (χ4v) is 1.85. The summed E-state index contributed by atoms with van der Waals surface area (Å²) in [4.78, 5) is 12.0. The van der Waals surface area contributed by atoms with Crippen molar-refractivity contribution in [1.82, 2.24) is 15.1 Å². The summed E-state index contributed by atoms with van der Waals surface area (Å²) in [5.41, 5.74) is 0.0521. The molecule has 1 amide bonds. The third-order valence-corrected chi connectivity index (χ3v) is 2.77. The van der Waals surface area contributed by atoms with E-state index in [-0.39, 0.29) is 17.9 Å². The Labute approximate surface area is 124 Å². The fraction of sp³-hybridized carbons (Fsp3) is 0.231. The van der Waals surface area contributed by atoms with Crippen LogP contribution in [0.15, 0.2) is 36.7 Å². The normalized spacial score (nSPS) is 10.7. The predicted octanol–water partition coefficient (Wildman–Crippen LogP) is 2.57. The van der Waals surface area contributed by atoms with Crippen molar-refractivity contribution in [3.63, 3.8) is 0 Å². The first-order valence-corrected chi connectivity index (χ1v) is 6.44. The van der Waals surface area contributed by atoms with Gasteiger partial charge in [0, 0.05) is 12.7 Å². The van der Waals surface area contributed by atoms with Gasteiger partial charge in [-0.05, 0) is 12.1 Å². The molecule has 0 unspecified atom stereocenters. The van der Waals surface area contributed by atoms with E-state index in [0.29, 0.717) is 11.6 Å². The first-order valence-electron chi connectivity index (χ1n) is 6.06. The molecule has 8 heteroatoms. The highest BCUT2D eigenvalue weighted by Crippen LogP contribution is 2.19. The average Bonchev–Trinajstić information content (AvgIpc) is 2.84. The Morgan fingerprint density at radius 3 is 2.86 bits per heavy atom. The Morgan fingerprint density at radius 2 is 2.19 bits per heavy atom. The van der Waals surface area contributed by atoms with Crippen LogP contribution in [0.25, 0.3) is 0 Å². The number of benzene rings is 1. The number of carbonyl (C=O) groups excluding carboxylic acids is 1. The van der Waals surface area contributed by atoms with Crippen LogP contribution < -0.4 is 10.1 Å². The third-order valence-electron chi connectivity index (χ3n) is 2.58. The lowest BCUT2D eigenvalue weighted by molar-refractivity contribution is -0.0501. The number of rotatable bonds is 6. The van der Waals surface area contributed by atoms with Crippen LogP contribution in [-0.4, -0.2) is 28.8 Å². The number of para-hydroxylation sites is 1. The number of amides is 1. The van der Waals surface area contributed by atoms with Gasteiger partial charge in [-0.25, -0.2) is 0 Å². The third kappa shape index (κ3) is 4.42. The summed E-state index contributed by atoms with van der Waals surface area (Å²) in [6.45, 7) is -2.29. The molecule has 0 fully saturated rings.